The van der Waals surface area contributed by atoms with E-state index in [2.05, 4.69) is 10.1 Å². The summed E-state index contributed by atoms with van der Waals surface area (Å²) in [5.41, 5.74) is 1.22. The van der Waals surface area contributed by atoms with E-state index in [0.29, 0.717) is 18.0 Å². The molecule has 0 aromatic heterocycles. The van der Waals surface area contributed by atoms with Crippen molar-refractivity contribution in [2.45, 2.75) is 13.5 Å². The third-order valence-electron chi connectivity index (χ3n) is 2.67. The first kappa shape index (κ1) is 15.3. The van der Waals surface area contributed by atoms with Crippen molar-refractivity contribution in [3.05, 3.63) is 35.5 Å². The van der Waals surface area contributed by atoms with Crippen LogP contribution in [0.15, 0.2) is 30.0 Å². The fourth-order valence-corrected chi connectivity index (χ4v) is 1.63. The lowest BCUT2D eigenvalue weighted by atomic mass is 10.2. The van der Waals surface area contributed by atoms with Crippen LogP contribution >= 0.6 is 0 Å². The molecule has 0 aliphatic carbocycles. The first-order valence-electron chi connectivity index (χ1n) is 6.41. The lowest BCUT2D eigenvalue weighted by Crippen LogP contribution is -2.32. The number of rotatable bonds is 4. The predicted molar refractivity (Wildman–Crippen MR) is 74.3 cm³/mol. The number of benzene rings is 1. The van der Waals surface area contributed by atoms with Crippen molar-refractivity contribution >= 4 is 17.7 Å². The van der Waals surface area contributed by atoms with Crippen molar-refractivity contribution in [3.8, 4) is 11.8 Å². The number of hydrogen-bond donors (Lipinski definition) is 2. The van der Waals surface area contributed by atoms with Crippen LogP contribution in [-0.2, 0) is 21.0 Å². The third-order valence-corrected chi connectivity index (χ3v) is 2.67. The van der Waals surface area contributed by atoms with Crippen LogP contribution in [0, 0.1) is 11.3 Å². The van der Waals surface area contributed by atoms with Gasteiger partial charge in [-0.25, -0.2) is 4.79 Å². The van der Waals surface area contributed by atoms with Crippen molar-refractivity contribution in [1.82, 2.24) is 5.32 Å². The quantitative estimate of drug-likeness (QED) is 0.494. The number of nitriles is 1. The van der Waals surface area contributed by atoms with Gasteiger partial charge in [-0.1, -0.05) is 6.07 Å². The standard InChI is InChI=1S/C14H13N3O5/c1-2-20-14(19)17-13(18)10(6-15)7-16-11-4-3-9-8-21-22-12(9)5-11/h3-5,7,16H,2,8H2,1H3,(H,17,18,19)/b10-7-. The molecule has 0 saturated carbocycles. The molecule has 1 heterocycles. The minimum Gasteiger partial charge on any atom is -0.450 e. The fraction of sp³-hybridized carbons (Fsp3) is 0.214. The largest absolute Gasteiger partial charge is 0.450 e. The molecule has 8 nitrogen and oxygen atoms in total. The normalized spacial score (nSPS) is 12.6. The van der Waals surface area contributed by atoms with Gasteiger partial charge in [0, 0.05) is 23.5 Å². The third kappa shape index (κ3) is 3.74. The Hall–Kier alpha value is -3.05. The van der Waals surface area contributed by atoms with Crippen molar-refractivity contribution in [2.75, 3.05) is 11.9 Å². The summed E-state index contributed by atoms with van der Waals surface area (Å²) >= 11 is 0. The van der Waals surface area contributed by atoms with E-state index in [-0.39, 0.29) is 12.2 Å². The van der Waals surface area contributed by atoms with Gasteiger partial charge in [0.1, 0.15) is 18.2 Å². The van der Waals surface area contributed by atoms with E-state index < -0.39 is 12.0 Å². The van der Waals surface area contributed by atoms with Crippen LogP contribution in [0.3, 0.4) is 0 Å². The number of nitrogens with one attached hydrogen (secondary N) is 2. The van der Waals surface area contributed by atoms with Crippen LogP contribution in [0.1, 0.15) is 12.5 Å². The number of anilines is 1. The zero-order valence-electron chi connectivity index (χ0n) is 11.7. The summed E-state index contributed by atoms with van der Waals surface area (Å²) in [6, 6.07) is 6.90. The van der Waals surface area contributed by atoms with Gasteiger partial charge in [-0.15, -0.1) is 0 Å². The van der Waals surface area contributed by atoms with Crippen molar-refractivity contribution < 1.29 is 24.1 Å². The minimum absolute atomic E-state index is 0.125. The highest BCUT2D eigenvalue weighted by Crippen LogP contribution is 2.28. The maximum absolute atomic E-state index is 11.7. The zero-order chi connectivity index (χ0) is 15.9. The van der Waals surface area contributed by atoms with E-state index in [9.17, 15) is 9.59 Å². The Kier molecular flexibility index (Phi) is 4.95. The number of nitrogens with zero attached hydrogens (tertiary/aromatic N) is 1. The molecule has 114 valence electrons. The van der Waals surface area contributed by atoms with Crippen LogP contribution in [0.25, 0.3) is 0 Å². The van der Waals surface area contributed by atoms with Crippen LogP contribution in [0.4, 0.5) is 10.5 Å². The Morgan fingerprint density at radius 1 is 1.50 bits per heavy atom. The second-order valence-corrected chi connectivity index (χ2v) is 4.16. The van der Waals surface area contributed by atoms with Crippen LogP contribution in [0.5, 0.6) is 5.75 Å². The van der Waals surface area contributed by atoms with Gasteiger partial charge in [0.25, 0.3) is 5.91 Å². The predicted octanol–water partition coefficient (Wildman–Crippen LogP) is 1.60. The maximum Gasteiger partial charge on any atom is 0.414 e. The van der Waals surface area contributed by atoms with Gasteiger partial charge in [-0.05, 0) is 13.0 Å². The van der Waals surface area contributed by atoms with Crippen molar-refractivity contribution in [1.29, 1.82) is 5.26 Å². The molecular formula is C14H13N3O5. The minimum atomic E-state index is -0.906. The zero-order valence-corrected chi connectivity index (χ0v) is 11.7. The Morgan fingerprint density at radius 3 is 3.05 bits per heavy atom. The monoisotopic (exact) mass is 303 g/mol. The second kappa shape index (κ2) is 7.10. The summed E-state index contributed by atoms with van der Waals surface area (Å²) in [5.74, 6) is -0.290. The van der Waals surface area contributed by atoms with E-state index in [4.69, 9.17) is 15.0 Å². The van der Waals surface area contributed by atoms with Gasteiger partial charge < -0.3 is 14.9 Å². The molecule has 0 spiro atoms. The summed E-state index contributed by atoms with van der Waals surface area (Å²) in [6.07, 6.45) is 0.281. The number of fused-ring (bicyclic) bond motifs is 1. The summed E-state index contributed by atoms with van der Waals surface area (Å²) < 4.78 is 4.56. The first-order valence-corrected chi connectivity index (χ1v) is 6.41. The van der Waals surface area contributed by atoms with E-state index in [1.165, 1.54) is 6.20 Å². The lowest BCUT2D eigenvalue weighted by molar-refractivity contribution is -0.194. The molecule has 1 aromatic rings. The van der Waals surface area contributed by atoms with Crippen LogP contribution in [-0.4, -0.2) is 18.6 Å². The molecule has 0 unspecified atom stereocenters. The highest BCUT2D eigenvalue weighted by Gasteiger charge is 2.15. The van der Waals surface area contributed by atoms with Crippen molar-refractivity contribution in [3.63, 3.8) is 0 Å². The molecule has 1 aliphatic heterocycles. The molecule has 0 saturated heterocycles. The number of imide groups is 1. The smallest absolute Gasteiger partial charge is 0.414 e. The fourth-order valence-electron chi connectivity index (χ4n) is 1.63. The molecule has 0 radical (unpaired) electrons. The topological polar surface area (TPSA) is 110 Å². The number of carbonyl (C=O) groups is 2. The van der Waals surface area contributed by atoms with E-state index in [0.717, 1.165) is 5.56 Å². The van der Waals surface area contributed by atoms with E-state index >= 15 is 0 Å². The molecule has 22 heavy (non-hydrogen) atoms. The highest BCUT2D eigenvalue weighted by atomic mass is 17.2. The molecule has 2 amide bonds. The van der Waals surface area contributed by atoms with Crippen LogP contribution in [0.2, 0.25) is 0 Å². The summed E-state index contributed by atoms with van der Waals surface area (Å²) in [7, 11) is 0. The Morgan fingerprint density at radius 2 is 2.32 bits per heavy atom. The second-order valence-electron chi connectivity index (χ2n) is 4.16. The van der Waals surface area contributed by atoms with Gasteiger partial charge in [-0.2, -0.15) is 10.1 Å². The molecule has 1 aliphatic rings. The molecule has 1 aromatic carbocycles. The van der Waals surface area contributed by atoms with Gasteiger partial charge >= 0.3 is 6.09 Å². The van der Waals surface area contributed by atoms with Gasteiger partial charge in [0.15, 0.2) is 5.75 Å². The number of ether oxygens (including phenoxy) is 1. The summed E-state index contributed by atoms with van der Waals surface area (Å²) in [4.78, 5) is 32.6. The SMILES string of the molecule is CCOC(=O)NC(=O)/C(C#N)=C\Nc1ccc2c(c1)OOC2. The lowest BCUT2D eigenvalue weighted by Gasteiger charge is -2.05. The average Bonchev–Trinajstić information content (AvgIpc) is 2.95. The Labute approximate surface area is 126 Å². The summed E-state index contributed by atoms with van der Waals surface area (Å²) in [6.45, 7) is 2.10. The number of alkyl carbamates (subject to hydrolysis) is 1. The highest BCUT2D eigenvalue weighted by molar-refractivity contribution is 6.05. The molecule has 0 bridgehead atoms. The van der Waals surface area contributed by atoms with Crippen LogP contribution < -0.4 is 15.5 Å². The van der Waals surface area contributed by atoms with Gasteiger partial charge in [-0.3, -0.25) is 10.1 Å². The summed E-state index contributed by atoms with van der Waals surface area (Å²) in [5, 5.41) is 13.7. The molecule has 2 rings (SSSR count). The van der Waals surface area contributed by atoms with E-state index in [1.807, 2.05) is 5.32 Å². The van der Waals surface area contributed by atoms with Gasteiger partial charge in [0.05, 0.1) is 6.61 Å². The molecule has 8 heteroatoms. The van der Waals surface area contributed by atoms with E-state index in [1.54, 1.807) is 31.2 Å². The Bertz CT molecular complexity index is 663. The van der Waals surface area contributed by atoms with Crippen molar-refractivity contribution in [2.24, 2.45) is 0 Å². The number of hydrogen-bond acceptors (Lipinski definition) is 7. The first-order chi connectivity index (χ1) is 10.6. The number of amides is 2. The molecular weight excluding hydrogens is 290 g/mol. The average molecular weight is 303 g/mol. The van der Waals surface area contributed by atoms with Gasteiger partial charge in [0.2, 0.25) is 0 Å². The maximum atomic E-state index is 11.7. The Balaban J connectivity index is 2.02. The molecule has 0 fully saturated rings. The molecule has 2 N–H and O–H groups in total. The number of carbonyl (C=O) groups excluding carboxylic acids is 2. The molecule has 0 atom stereocenters.